The van der Waals surface area contributed by atoms with E-state index in [9.17, 15) is 9.59 Å². The van der Waals surface area contributed by atoms with Gasteiger partial charge in [-0.25, -0.2) is 4.90 Å². The van der Waals surface area contributed by atoms with Gasteiger partial charge < -0.3 is 9.47 Å². The Morgan fingerprint density at radius 3 is 2.43 bits per heavy atom. The summed E-state index contributed by atoms with van der Waals surface area (Å²) in [5.74, 6) is 1.12. The number of carbonyl (C=O) groups excluding carboxylic acids is 2. The lowest BCUT2D eigenvalue weighted by Gasteiger charge is -2.38. The number of rotatable bonds is 4. The SMILES string of the molecule is COc1cc2c(cc1OC)[C@@H](C)N([C@H]1CC(=O)N(c3cccc(C)c3C)C1=O)CC2. The first kappa shape index (κ1) is 20.4. The van der Waals surface area contributed by atoms with Crippen molar-refractivity contribution in [3.63, 3.8) is 0 Å². The van der Waals surface area contributed by atoms with E-state index in [0.717, 1.165) is 23.1 Å². The Bertz CT molecular complexity index is 1020. The van der Waals surface area contributed by atoms with E-state index in [1.165, 1.54) is 10.5 Å². The summed E-state index contributed by atoms with van der Waals surface area (Å²) in [6, 6.07) is 9.30. The van der Waals surface area contributed by atoms with E-state index >= 15 is 0 Å². The standard InChI is InChI=1S/C24H28N2O4/c1-14-7-6-8-19(15(14)2)26-23(27)13-20(24(26)28)25-10-9-17-11-21(29-4)22(30-5)12-18(17)16(25)3/h6-8,11-12,16,20H,9-10,13H2,1-5H3/t16-,20+/m1/s1. The van der Waals surface area contributed by atoms with Crippen LogP contribution in [0, 0.1) is 13.8 Å². The molecule has 158 valence electrons. The zero-order chi connectivity index (χ0) is 21.6. The highest BCUT2D eigenvalue weighted by Crippen LogP contribution is 2.40. The Labute approximate surface area is 177 Å². The van der Waals surface area contributed by atoms with Crippen LogP contribution in [0.3, 0.4) is 0 Å². The monoisotopic (exact) mass is 408 g/mol. The number of imide groups is 1. The molecule has 2 atom stereocenters. The van der Waals surface area contributed by atoms with Crippen LogP contribution in [0.1, 0.15) is 41.6 Å². The fourth-order valence-electron chi connectivity index (χ4n) is 4.70. The summed E-state index contributed by atoms with van der Waals surface area (Å²) in [4.78, 5) is 29.8. The lowest BCUT2D eigenvalue weighted by Crippen LogP contribution is -2.46. The highest BCUT2D eigenvalue weighted by molar-refractivity contribution is 6.22. The molecule has 0 bridgehead atoms. The van der Waals surface area contributed by atoms with Gasteiger partial charge in [0.05, 0.1) is 32.4 Å². The molecule has 2 heterocycles. The number of nitrogens with zero attached hydrogens (tertiary/aromatic N) is 2. The summed E-state index contributed by atoms with van der Waals surface area (Å²) >= 11 is 0. The van der Waals surface area contributed by atoms with E-state index < -0.39 is 6.04 Å². The van der Waals surface area contributed by atoms with Gasteiger partial charge in [-0.05, 0) is 67.6 Å². The van der Waals surface area contributed by atoms with Gasteiger partial charge in [0.1, 0.15) is 0 Å². The second kappa shape index (κ2) is 7.76. The minimum absolute atomic E-state index is 0.00568. The fourth-order valence-corrected chi connectivity index (χ4v) is 4.70. The van der Waals surface area contributed by atoms with E-state index in [1.807, 2.05) is 44.2 Å². The number of benzene rings is 2. The van der Waals surface area contributed by atoms with Crippen LogP contribution in [0.4, 0.5) is 5.69 Å². The molecule has 0 aliphatic carbocycles. The lowest BCUT2D eigenvalue weighted by atomic mass is 9.91. The first-order valence-electron chi connectivity index (χ1n) is 10.3. The molecule has 6 heteroatoms. The first-order chi connectivity index (χ1) is 14.4. The van der Waals surface area contributed by atoms with Crippen molar-refractivity contribution in [1.82, 2.24) is 4.90 Å². The number of methoxy groups -OCH3 is 2. The van der Waals surface area contributed by atoms with E-state index in [2.05, 4.69) is 11.8 Å². The molecule has 2 amide bonds. The van der Waals surface area contributed by atoms with E-state index in [-0.39, 0.29) is 24.3 Å². The number of carbonyl (C=O) groups is 2. The molecule has 0 spiro atoms. The third kappa shape index (κ3) is 3.16. The average Bonchev–Trinajstić information content (AvgIpc) is 3.03. The van der Waals surface area contributed by atoms with Crippen molar-refractivity contribution < 1.29 is 19.1 Å². The van der Waals surface area contributed by atoms with Gasteiger partial charge in [-0.2, -0.15) is 0 Å². The highest BCUT2D eigenvalue weighted by atomic mass is 16.5. The van der Waals surface area contributed by atoms with Gasteiger partial charge in [0, 0.05) is 12.6 Å². The van der Waals surface area contributed by atoms with Crippen molar-refractivity contribution in [3.05, 3.63) is 52.6 Å². The van der Waals surface area contributed by atoms with Crippen LogP contribution in [-0.2, 0) is 16.0 Å². The topological polar surface area (TPSA) is 59.1 Å². The molecule has 0 unspecified atom stereocenters. The highest BCUT2D eigenvalue weighted by Gasteiger charge is 2.45. The summed E-state index contributed by atoms with van der Waals surface area (Å²) in [7, 11) is 3.25. The third-order valence-corrected chi connectivity index (χ3v) is 6.57. The van der Waals surface area contributed by atoms with E-state index in [0.29, 0.717) is 23.7 Å². The number of aryl methyl sites for hydroxylation is 1. The number of hydrogen-bond acceptors (Lipinski definition) is 5. The van der Waals surface area contributed by atoms with Crippen molar-refractivity contribution in [2.75, 3.05) is 25.7 Å². The minimum Gasteiger partial charge on any atom is -0.493 e. The van der Waals surface area contributed by atoms with Crippen molar-refractivity contribution in [1.29, 1.82) is 0 Å². The Balaban J connectivity index is 1.65. The maximum Gasteiger partial charge on any atom is 0.251 e. The maximum absolute atomic E-state index is 13.4. The van der Waals surface area contributed by atoms with Crippen LogP contribution in [0.25, 0.3) is 0 Å². The molecule has 6 nitrogen and oxygen atoms in total. The van der Waals surface area contributed by atoms with Gasteiger partial charge in [0.15, 0.2) is 11.5 Å². The van der Waals surface area contributed by atoms with E-state index in [1.54, 1.807) is 14.2 Å². The first-order valence-corrected chi connectivity index (χ1v) is 10.3. The van der Waals surface area contributed by atoms with Crippen molar-refractivity contribution in [2.45, 2.75) is 45.7 Å². The summed E-state index contributed by atoms with van der Waals surface area (Å²) in [6.45, 7) is 6.75. The van der Waals surface area contributed by atoms with Crippen molar-refractivity contribution in [2.24, 2.45) is 0 Å². The summed E-state index contributed by atoms with van der Waals surface area (Å²) in [5, 5.41) is 0. The van der Waals surface area contributed by atoms with Gasteiger partial charge in [-0.1, -0.05) is 12.1 Å². The smallest absolute Gasteiger partial charge is 0.251 e. The summed E-state index contributed by atoms with van der Waals surface area (Å²) < 4.78 is 10.9. The molecule has 2 aromatic carbocycles. The molecule has 2 aliphatic rings. The maximum atomic E-state index is 13.4. The number of anilines is 1. The molecule has 1 fully saturated rings. The molecule has 0 saturated carbocycles. The van der Waals surface area contributed by atoms with Crippen LogP contribution in [-0.4, -0.2) is 43.5 Å². The van der Waals surface area contributed by atoms with E-state index in [4.69, 9.17) is 9.47 Å². The quantitative estimate of drug-likeness (QED) is 0.724. The number of amides is 2. The minimum atomic E-state index is -0.450. The van der Waals surface area contributed by atoms with Gasteiger partial charge in [0.2, 0.25) is 5.91 Å². The summed E-state index contributed by atoms with van der Waals surface area (Å²) in [5.41, 5.74) is 5.04. The molecule has 1 saturated heterocycles. The summed E-state index contributed by atoms with van der Waals surface area (Å²) in [6.07, 6.45) is 1.00. The van der Waals surface area contributed by atoms with Gasteiger partial charge in [0.25, 0.3) is 5.91 Å². The van der Waals surface area contributed by atoms with Crippen molar-refractivity contribution >= 4 is 17.5 Å². The third-order valence-electron chi connectivity index (χ3n) is 6.57. The van der Waals surface area contributed by atoms with Crippen molar-refractivity contribution in [3.8, 4) is 11.5 Å². The molecular formula is C24H28N2O4. The number of fused-ring (bicyclic) bond motifs is 1. The van der Waals surface area contributed by atoms with Gasteiger partial charge in [-0.15, -0.1) is 0 Å². The normalized spacial score (nSPS) is 21.7. The molecule has 2 aromatic rings. The predicted molar refractivity (Wildman–Crippen MR) is 115 cm³/mol. The molecule has 0 radical (unpaired) electrons. The Hall–Kier alpha value is -2.86. The lowest BCUT2D eigenvalue weighted by molar-refractivity contribution is -0.123. The van der Waals surface area contributed by atoms with Crippen LogP contribution in [0.5, 0.6) is 11.5 Å². The Morgan fingerprint density at radius 2 is 1.73 bits per heavy atom. The second-order valence-electron chi connectivity index (χ2n) is 8.08. The van der Waals surface area contributed by atoms with Crippen LogP contribution in [0.2, 0.25) is 0 Å². The van der Waals surface area contributed by atoms with Crippen LogP contribution in [0.15, 0.2) is 30.3 Å². The Morgan fingerprint density at radius 1 is 1.03 bits per heavy atom. The Kier molecular flexibility index (Phi) is 5.28. The second-order valence-corrected chi connectivity index (χ2v) is 8.08. The zero-order valence-corrected chi connectivity index (χ0v) is 18.2. The zero-order valence-electron chi connectivity index (χ0n) is 18.2. The molecule has 4 rings (SSSR count). The molecular weight excluding hydrogens is 380 g/mol. The van der Waals surface area contributed by atoms with Crippen LogP contribution < -0.4 is 14.4 Å². The van der Waals surface area contributed by atoms with Crippen LogP contribution >= 0.6 is 0 Å². The number of hydrogen-bond donors (Lipinski definition) is 0. The largest absolute Gasteiger partial charge is 0.493 e. The van der Waals surface area contributed by atoms with Gasteiger partial charge >= 0.3 is 0 Å². The fraction of sp³-hybridized carbons (Fsp3) is 0.417. The molecule has 0 N–H and O–H groups in total. The number of ether oxygens (including phenoxy) is 2. The molecule has 0 aromatic heterocycles. The molecule has 2 aliphatic heterocycles. The average molecular weight is 408 g/mol. The predicted octanol–water partition coefficient (Wildman–Crippen LogP) is 3.57. The molecule has 30 heavy (non-hydrogen) atoms. The van der Waals surface area contributed by atoms with Gasteiger partial charge in [-0.3, -0.25) is 14.5 Å².